The van der Waals surface area contributed by atoms with Crippen molar-refractivity contribution in [3.05, 3.63) is 33.5 Å². The van der Waals surface area contributed by atoms with Crippen LogP contribution in [0.3, 0.4) is 0 Å². The fraction of sp³-hybridized carbons (Fsp3) is 0.562. The number of fused-ring (bicyclic) bond motifs is 1. The maximum atomic E-state index is 13.7. The van der Waals surface area contributed by atoms with Gasteiger partial charge in [-0.15, -0.1) is 0 Å². The van der Waals surface area contributed by atoms with Crippen molar-refractivity contribution in [2.75, 3.05) is 7.05 Å². The molecule has 0 saturated heterocycles. The smallest absolute Gasteiger partial charge is 0.410 e. The molecule has 5 heteroatoms. The first-order valence-electron chi connectivity index (χ1n) is 7.13. The van der Waals surface area contributed by atoms with Crippen LogP contribution in [0.25, 0.3) is 0 Å². The van der Waals surface area contributed by atoms with Gasteiger partial charge in [0.15, 0.2) is 0 Å². The minimum Gasteiger partial charge on any atom is -0.444 e. The Morgan fingerprint density at radius 1 is 1.43 bits per heavy atom. The zero-order valence-electron chi connectivity index (χ0n) is 12.9. The van der Waals surface area contributed by atoms with Crippen molar-refractivity contribution in [1.29, 1.82) is 0 Å². The number of rotatable bonds is 1. The Hall–Kier alpha value is -1.10. The fourth-order valence-corrected chi connectivity index (χ4v) is 3.22. The topological polar surface area (TPSA) is 29.5 Å². The van der Waals surface area contributed by atoms with Crippen LogP contribution in [-0.4, -0.2) is 23.6 Å². The Labute approximate surface area is 133 Å². The molecule has 1 amide bonds. The molecule has 3 nitrogen and oxygen atoms in total. The molecule has 2 rings (SSSR count). The van der Waals surface area contributed by atoms with Crippen molar-refractivity contribution < 1.29 is 13.9 Å². The third-order valence-corrected chi connectivity index (χ3v) is 4.50. The highest BCUT2D eigenvalue weighted by molar-refractivity contribution is 9.10. The molecule has 0 saturated carbocycles. The maximum Gasteiger partial charge on any atom is 0.410 e. The SMILES string of the molecule is CN(C(=O)OC(C)(C)C)C1CCCc2c1ccc(F)c2Br. The van der Waals surface area contributed by atoms with Gasteiger partial charge in [0, 0.05) is 7.05 Å². The lowest BCUT2D eigenvalue weighted by atomic mass is 9.87. The molecule has 21 heavy (non-hydrogen) atoms. The molecule has 0 N–H and O–H groups in total. The summed E-state index contributed by atoms with van der Waals surface area (Å²) in [6.07, 6.45) is 2.26. The molecule has 116 valence electrons. The first-order valence-corrected chi connectivity index (χ1v) is 7.92. The number of carbonyl (C=O) groups is 1. The molecule has 1 aromatic carbocycles. The van der Waals surface area contributed by atoms with Gasteiger partial charge in [0.2, 0.25) is 0 Å². The molecule has 0 spiro atoms. The van der Waals surface area contributed by atoms with Crippen molar-refractivity contribution in [2.45, 2.75) is 51.7 Å². The summed E-state index contributed by atoms with van der Waals surface area (Å²) in [7, 11) is 1.74. The van der Waals surface area contributed by atoms with Gasteiger partial charge in [-0.2, -0.15) is 0 Å². The maximum absolute atomic E-state index is 13.7. The predicted molar refractivity (Wildman–Crippen MR) is 83.8 cm³/mol. The van der Waals surface area contributed by atoms with Crippen LogP contribution in [0, 0.1) is 5.82 Å². The molecule has 1 aliphatic rings. The van der Waals surface area contributed by atoms with Crippen LogP contribution in [0.5, 0.6) is 0 Å². The van der Waals surface area contributed by atoms with Crippen LogP contribution >= 0.6 is 15.9 Å². The summed E-state index contributed by atoms with van der Waals surface area (Å²) in [6.45, 7) is 5.54. The van der Waals surface area contributed by atoms with E-state index in [0.717, 1.165) is 30.4 Å². The normalized spacial score (nSPS) is 18.1. The van der Waals surface area contributed by atoms with E-state index in [1.165, 1.54) is 6.07 Å². The van der Waals surface area contributed by atoms with Gasteiger partial charge < -0.3 is 9.64 Å². The average molecular weight is 358 g/mol. The standard InChI is InChI=1S/C16H21BrFNO2/c1-16(2,3)21-15(20)19(4)13-7-5-6-11-10(13)8-9-12(18)14(11)17/h8-9,13H,5-7H2,1-4H3. The van der Waals surface area contributed by atoms with Crippen LogP contribution in [0.4, 0.5) is 9.18 Å². The summed E-state index contributed by atoms with van der Waals surface area (Å²) in [5, 5.41) is 0. The highest BCUT2D eigenvalue weighted by Gasteiger charge is 2.31. The summed E-state index contributed by atoms with van der Waals surface area (Å²) in [5.41, 5.74) is 1.44. The predicted octanol–water partition coefficient (Wildman–Crippen LogP) is 4.83. The largest absolute Gasteiger partial charge is 0.444 e. The summed E-state index contributed by atoms with van der Waals surface area (Å²) in [4.78, 5) is 13.9. The van der Waals surface area contributed by atoms with Crippen LogP contribution in [0.2, 0.25) is 0 Å². The Bertz CT molecular complexity index is 554. The van der Waals surface area contributed by atoms with E-state index in [1.54, 1.807) is 18.0 Å². The van der Waals surface area contributed by atoms with Crippen LogP contribution in [0.1, 0.15) is 50.8 Å². The first-order chi connectivity index (χ1) is 9.70. The third kappa shape index (κ3) is 3.57. The molecular weight excluding hydrogens is 337 g/mol. The van der Waals surface area contributed by atoms with E-state index in [2.05, 4.69) is 15.9 Å². The number of carbonyl (C=O) groups excluding carboxylic acids is 1. The van der Waals surface area contributed by atoms with E-state index >= 15 is 0 Å². The number of ether oxygens (including phenoxy) is 1. The summed E-state index contributed by atoms with van der Waals surface area (Å²) in [6, 6.07) is 3.16. The van der Waals surface area contributed by atoms with Gasteiger partial charge in [0.1, 0.15) is 11.4 Å². The lowest BCUT2D eigenvalue weighted by Crippen LogP contribution is -2.37. The molecule has 0 fully saturated rings. The van der Waals surface area contributed by atoms with E-state index in [1.807, 2.05) is 20.8 Å². The van der Waals surface area contributed by atoms with Crippen molar-refractivity contribution in [2.24, 2.45) is 0 Å². The molecule has 0 radical (unpaired) electrons. The average Bonchev–Trinajstić information content (AvgIpc) is 2.39. The minimum absolute atomic E-state index is 0.0690. The molecule has 0 aromatic heterocycles. The molecule has 0 heterocycles. The van der Waals surface area contributed by atoms with Crippen molar-refractivity contribution in [1.82, 2.24) is 4.90 Å². The van der Waals surface area contributed by atoms with E-state index in [0.29, 0.717) is 4.47 Å². The van der Waals surface area contributed by atoms with Gasteiger partial charge in [-0.05, 0) is 73.2 Å². The summed E-state index contributed by atoms with van der Waals surface area (Å²) in [5.74, 6) is -0.255. The monoisotopic (exact) mass is 357 g/mol. The Morgan fingerprint density at radius 2 is 2.10 bits per heavy atom. The lowest BCUT2D eigenvalue weighted by molar-refractivity contribution is 0.0204. The second-order valence-corrected chi connectivity index (χ2v) is 7.22. The van der Waals surface area contributed by atoms with Crippen molar-refractivity contribution >= 4 is 22.0 Å². The molecule has 1 aromatic rings. The Balaban J connectivity index is 2.28. The Morgan fingerprint density at radius 3 is 2.71 bits per heavy atom. The molecule has 0 bridgehead atoms. The van der Waals surface area contributed by atoms with E-state index in [-0.39, 0.29) is 18.0 Å². The Kier molecular flexibility index (Phi) is 4.61. The fourth-order valence-electron chi connectivity index (χ4n) is 2.66. The number of amides is 1. The second-order valence-electron chi connectivity index (χ2n) is 6.43. The lowest BCUT2D eigenvalue weighted by Gasteiger charge is -2.34. The highest BCUT2D eigenvalue weighted by Crippen LogP contribution is 2.38. The number of hydrogen-bond donors (Lipinski definition) is 0. The van der Waals surface area contributed by atoms with E-state index < -0.39 is 5.60 Å². The molecule has 1 aliphatic carbocycles. The van der Waals surface area contributed by atoms with Gasteiger partial charge >= 0.3 is 6.09 Å². The quantitative estimate of drug-likeness (QED) is 0.720. The molecule has 1 unspecified atom stereocenters. The van der Waals surface area contributed by atoms with Crippen molar-refractivity contribution in [3.63, 3.8) is 0 Å². The summed E-state index contributed by atoms with van der Waals surface area (Å²) < 4.78 is 19.6. The van der Waals surface area contributed by atoms with Gasteiger partial charge in [0.05, 0.1) is 10.5 Å². The first kappa shape index (κ1) is 16.3. The van der Waals surface area contributed by atoms with Gasteiger partial charge in [-0.25, -0.2) is 9.18 Å². The third-order valence-electron chi connectivity index (χ3n) is 3.64. The second kappa shape index (κ2) is 5.95. The zero-order chi connectivity index (χ0) is 15.8. The number of halogens is 2. The number of nitrogens with zero attached hydrogens (tertiary/aromatic N) is 1. The zero-order valence-corrected chi connectivity index (χ0v) is 14.5. The highest BCUT2D eigenvalue weighted by atomic mass is 79.9. The van der Waals surface area contributed by atoms with E-state index in [9.17, 15) is 9.18 Å². The van der Waals surface area contributed by atoms with Gasteiger partial charge in [0.25, 0.3) is 0 Å². The molecular formula is C16H21BrFNO2. The molecule has 1 atom stereocenters. The van der Waals surface area contributed by atoms with Gasteiger partial charge in [-0.1, -0.05) is 6.07 Å². The number of hydrogen-bond acceptors (Lipinski definition) is 2. The van der Waals surface area contributed by atoms with Gasteiger partial charge in [-0.3, -0.25) is 0 Å². The van der Waals surface area contributed by atoms with Crippen LogP contribution in [-0.2, 0) is 11.2 Å². The van der Waals surface area contributed by atoms with Crippen LogP contribution in [0.15, 0.2) is 16.6 Å². The molecule has 0 aliphatic heterocycles. The van der Waals surface area contributed by atoms with Crippen molar-refractivity contribution in [3.8, 4) is 0 Å². The van der Waals surface area contributed by atoms with Crippen LogP contribution < -0.4 is 0 Å². The minimum atomic E-state index is -0.522. The summed E-state index contributed by atoms with van der Waals surface area (Å²) >= 11 is 3.32. The van der Waals surface area contributed by atoms with E-state index in [4.69, 9.17) is 4.74 Å². The number of benzene rings is 1.